The normalized spacial score (nSPS) is 17.5. The Bertz CT molecular complexity index is 1240. The Morgan fingerprint density at radius 2 is 2.11 bits per heavy atom. The number of pyridine rings is 1. The number of hydrogen-bond acceptors (Lipinski definition) is 7. The molecule has 9 heteroatoms. The zero-order chi connectivity index (χ0) is 19.3. The largest absolute Gasteiger partial charge is 0.368 e. The fraction of sp³-hybridized carbons (Fsp3) is 0.316. The molecule has 1 aliphatic rings. The van der Waals surface area contributed by atoms with Crippen LogP contribution in [-0.2, 0) is 0 Å². The lowest BCUT2D eigenvalue weighted by Crippen LogP contribution is -2.49. The highest BCUT2D eigenvalue weighted by molar-refractivity contribution is 5.62. The average molecular weight is 376 g/mol. The van der Waals surface area contributed by atoms with Crippen LogP contribution in [0.1, 0.15) is 12.7 Å². The van der Waals surface area contributed by atoms with E-state index in [1.807, 2.05) is 25.3 Å². The van der Waals surface area contributed by atoms with Crippen LogP contribution in [0.25, 0.3) is 22.7 Å². The van der Waals surface area contributed by atoms with Gasteiger partial charge in [-0.15, -0.1) is 0 Å². The highest BCUT2D eigenvalue weighted by Gasteiger charge is 2.17. The van der Waals surface area contributed by atoms with Gasteiger partial charge < -0.3 is 10.2 Å². The third kappa shape index (κ3) is 2.89. The molecular weight excluding hydrogens is 356 g/mol. The van der Waals surface area contributed by atoms with Crippen LogP contribution in [0.15, 0.2) is 41.6 Å². The number of anilines is 1. The molecule has 0 radical (unpaired) electrons. The van der Waals surface area contributed by atoms with E-state index in [1.165, 1.54) is 6.07 Å². The van der Waals surface area contributed by atoms with E-state index in [1.54, 1.807) is 21.3 Å². The van der Waals surface area contributed by atoms with Crippen LogP contribution in [0.5, 0.6) is 0 Å². The highest BCUT2D eigenvalue weighted by atomic mass is 16.1. The molecule has 1 N–H and O–H groups in total. The summed E-state index contributed by atoms with van der Waals surface area (Å²) < 4.78 is 3.19. The second-order valence-electron chi connectivity index (χ2n) is 7.14. The zero-order valence-electron chi connectivity index (χ0n) is 15.7. The number of nitrogens with one attached hydrogen (secondary N) is 1. The van der Waals surface area contributed by atoms with Crippen molar-refractivity contribution in [3.63, 3.8) is 0 Å². The predicted octanol–water partition coefficient (Wildman–Crippen LogP) is 0.906. The molecule has 4 aromatic rings. The Labute approximate surface area is 160 Å². The maximum Gasteiger partial charge on any atom is 0.258 e. The van der Waals surface area contributed by atoms with Gasteiger partial charge in [0.25, 0.3) is 11.3 Å². The maximum absolute atomic E-state index is 12.8. The van der Waals surface area contributed by atoms with Gasteiger partial charge in [0.05, 0.1) is 11.4 Å². The second-order valence-corrected chi connectivity index (χ2v) is 7.14. The number of fused-ring (bicyclic) bond motifs is 2. The molecule has 0 spiro atoms. The SMILES string of the molecule is Cc1nc2ncc(-c3cc(=O)n4cc(N5CCN[C@H](C)C5)ccc4n3)cn2n1. The van der Waals surface area contributed by atoms with E-state index in [0.29, 0.717) is 29.0 Å². The van der Waals surface area contributed by atoms with Gasteiger partial charge in [0.15, 0.2) is 0 Å². The number of aromatic nitrogens is 6. The Hall–Kier alpha value is -3.33. The number of hydrogen-bond donors (Lipinski definition) is 1. The van der Waals surface area contributed by atoms with Crippen LogP contribution in [0.4, 0.5) is 5.69 Å². The molecule has 0 amide bonds. The lowest BCUT2D eigenvalue weighted by Gasteiger charge is -2.33. The lowest BCUT2D eigenvalue weighted by atomic mass is 10.2. The van der Waals surface area contributed by atoms with E-state index < -0.39 is 0 Å². The van der Waals surface area contributed by atoms with Crippen molar-refractivity contribution in [3.05, 3.63) is 53.0 Å². The summed E-state index contributed by atoms with van der Waals surface area (Å²) in [6.07, 6.45) is 5.32. The van der Waals surface area contributed by atoms with Crippen molar-refractivity contribution >= 4 is 17.1 Å². The van der Waals surface area contributed by atoms with E-state index in [0.717, 1.165) is 30.9 Å². The van der Waals surface area contributed by atoms with Gasteiger partial charge in [0.2, 0.25) is 0 Å². The van der Waals surface area contributed by atoms with Crippen LogP contribution in [-0.4, -0.2) is 54.6 Å². The van der Waals surface area contributed by atoms with Crippen LogP contribution < -0.4 is 15.8 Å². The van der Waals surface area contributed by atoms with Gasteiger partial charge in [0, 0.05) is 55.9 Å². The van der Waals surface area contributed by atoms with Crippen molar-refractivity contribution in [3.8, 4) is 11.3 Å². The van der Waals surface area contributed by atoms with E-state index >= 15 is 0 Å². The lowest BCUT2D eigenvalue weighted by molar-refractivity contribution is 0.484. The predicted molar refractivity (Wildman–Crippen MR) is 106 cm³/mol. The van der Waals surface area contributed by atoms with Crippen molar-refractivity contribution < 1.29 is 0 Å². The molecule has 5 heterocycles. The van der Waals surface area contributed by atoms with Crippen molar-refractivity contribution in [2.75, 3.05) is 24.5 Å². The Morgan fingerprint density at radius 3 is 2.96 bits per heavy atom. The molecule has 0 saturated carbocycles. The average Bonchev–Trinajstić information content (AvgIpc) is 3.07. The number of aryl methyl sites for hydroxylation is 1. The monoisotopic (exact) mass is 376 g/mol. The molecule has 0 bridgehead atoms. The van der Waals surface area contributed by atoms with E-state index in [2.05, 4.69) is 37.2 Å². The molecule has 0 aliphatic carbocycles. The summed E-state index contributed by atoms with van der Waals surface area (Å²) in [5.74, 6) is 1.17. The second kappa shape index (κ2) is 6.38. The summed E-state index contributed by atoms with van der Waals surface area (Å²) in [5, 5.41) is 7.70. The first-order chi connectivity index (χ1) is 13.6. The van der Waals surface area contributed by atoms with Gasteiger partial charge in [0.1, 0.15) is 11.5 Å². The molecule has 0 unspecified atom stereocenters. The fourth-order valence-electron chi connectivity index (χ4n) is 3.61. The molecule has 1 fully saturated rings. The zero-order valence-corrected chi connectivity index (χ0v) is 15.7. The summed E-state index contributed by atoms with van der Waals surface area (Å²) in [7, 11) is 0. The van der Waals surface area contributed by atoms with Crippen molar-refractivity contribution in [1.82, 2.24) is 34.3 Å². The maximum atomic E-state index is 12.8. The molecule has 0 aromatic carbocycles. The van der Waals surface area contributed by atoms with Crippen molar-refractivity contribution in [2.24, 2.45) is 0 Å². The first kappa shape index (κ1) is 16.8. The summed E-state index contributed by atoms with van der Waals surface area (Å²) in [5.41, 5.74) is 2.79. The van der Waals surface area contributed by atoms with Crippen molar-refractivity contribution in [1.29, 1.82) is 0 Å². The van der Waals surface area contributed by atoms with Gasteiger partial charge >= 0.3 is 0 Å². The standard InChI is InChI=1S/C19H20N8O/c1-12-9-25(6-5-20-12)15-3-4-17-23-16(7-18(28)26(17)11-15)14-8-21-19-22-13(2)24-27(19)10-14/h3-4,7-8,10-12,20H,5-6,9H2,1-2H3/t12-/m1/s1. The fourth-order valence-corrected chi connectivity index (χ4v) is 3.61. The van der Waals surface area contributed by atoms with Gasteiger partial charge in [-0.2, -0.15) is 10.1 Å². The Balaban J connectivity index is 1.56. The van der Waals surface area contributed by atoms with Gasteiger partial charge in [-0.25, -0.2) is 14.5 Å². The minimum absolute atomic E-state index is 0.125. The van der Waals surface area contributed by atoms with E-state index in [9.17, 15) is 4.79 Å². The Kier molecular flexibility index (Phi) is 3.83. The minimum Gasteiger partial charge on any atom is -0.368 e. The molecule has 142 valence electrons. The van der Waals surface area contributed by atoms with Crippen LogP contribution >= 0.6 is 0 Å². The molecule has 1 aliphatic heterocycles. The van der Waals surface area contributed by atoms with Crippen LogP contribution in [0, 0.1) is 6.92 Å². The molecule has 1 saturated heterocycles. The van der Waals surface area contributed by atoms with Gasteiger partial charge in [-0.1, -0.05) is 0 Å². The first-order valence-corrected chi connectivity index (χ1v) is 9.28. The molecule has 5 rings (SSSR count). The van der Waals surface area contributed by atoms with E-state index in [-0.39, 0.29) is 5.56 Å². The number of rotatable bonds is 2. The summed E-state index contributed by atoms with van der Waals surface area (Å²) in [6, 6.07) is 5.86. The number of piperazine rings is 1. The summed E-state index contributed by atoms with van der Waals surface area (Å²) in [4.78, 5) is 28.2. The third-order valence-electron chi connectivity index (χ3n) is 4.97. The van der Waals surface area contributed by atoms with Crippen molar-refractivity contribution in [2.45, 2.75) is 19.9 Å². The van der Waals surface area contributed by atoms with E-state index in [4.69, 9.17) is 0 Å². The highest BCUT2D eigenvalue weighted by Crippen LogP contribution is 2.19. The first-order valence-electron chi connectivity index (χ1n) is 9.28. The Morgan fingerprint density at radius 1 is 1.21 bits per heavy atom. The van der Waals surface area contributed by atoms with Gasteiger partial charge in [-0.3, -0.25) is 9.20 Å². The quantitative estimate of drug-likeness (QED) is 0.556. The topological polar surface area (TPSA) is 92.7 Å². The molecule has 28 heavy (non-hydrogen) atoms. The molecule has 4 aromatic heterocycles. The third-order valence-corrected chi connectivity index (χ3v) is 4.97. The van der Waals surface area contributed by atoms with Crippen LogP contribution in [0.3, 0.4) is 0 Å². The minimum atomic E-state index is -0.125. The number of nitrogens with zero attached hydrogens (tertiary/aromatic N) is 7. The summed E-state index contributed by atoms with van der Waals surface area (Å²) in [6.45, 7) is 6.73. The van der Waals surface area contributed by atoms with Crippen LogP contribution in [0.2, 0.25) is 0 Å². The van der Waals surface area contributed by atoms with Gasteiger partial charge in [-0.05, 0) is 26.0 Å². The smallest absolute Gasteiger partial charge is 0.258 e. The molecule has 9 nitrogen and oxygen atoms in total. The molecule has 1 atom stereocenters. The summed E-state index contributed by atoms with van der Waals surface area (Å²) >= 11 is 0. The molecular formula is C19H20N8O.